The van der Waals surface area contributed by atoms with Crippen molar-refractivity contribution in [3.63, 3.8) is 0 Å². The van der Waals surface area contributed by atoms with E-state index in [1.54, 1.807) is 24.3 Å². The molecule has 0 saturated carbocycles. The Morgan fingerprint density at radius 3 is 2.68 bits per heavy atom. The van der Waals surface area contributed by atoms with Crippen molar-refractivity contribution >= 4 is 44.8 Å². The van der Waals surface area contributed by atoms with Crippen molar-refractivity contribution in [2.75, 3.05) is 55.8 Å². The monoisotopic (exact) mass is 522 g/mol. The number of hydrazine groups is 1. The van der Waals surface area contributed by atoms with Crippen molar-refractivity contribution in [1.29, 1.82) is 0 Å². The van der Waals surface area contributed by atoms with Crippen LogP contribution < -0.4 is 14.6 Å². The average Bonchev–Trinajstić information content (AvgIpc) is 3.40. The second kappa shape index (κ2) is 11.4. The zero-order valence-corrected chi connectivity index (χ0v) is 22.1. The SMILES string of the molecule is CCN(C(=O)O)N1C(=O)CCc2ccc(OCCCCN3CCN(c4cccc5sccc45)CC3)cc21. The molecule has 1 fully saturated rings. The van der Waals surface area contributed by atoms with E-state index in [-0.39, 0.29) is 12.5 Å². The van der Waals surface area contributed by atoms with E-state index in [0.29, 0.717) is 30.9 Å². The van der Waals surface area contributed by atoms with Gasteiger partial charge in [-0.2, -0.15) is 0 Å². The molecule has 0 bridgehead atoms. The van der Waals surface area contributed by atoms with Crippen molar-refractivity contribution in [2.45, 2.75) is 32.6 Å². The summed E-state index contributed by atoms with van der Waals surface area (Å²) in [6.45, 7) is 7.77. The second-order valence-electron chi connectivity index (χ2n) is 9.49. The summed E-state index contributed by atoms with van der Waals surface area (Å²) in [4.78, 5) is 29.2. The lowest BCUT2D eigenvalue weighted by Crippen LogP contribution is -2.51. The number of ether oxygens (including phenoxy) is 1. The van der Waals surface area contributed by atoms with Crippen LogP contribution in [0.25, 0.3) is 10.1 Å². The zero-order chi connectivity index (χ0) is 25.8. The number of carboxylic acid groups (broad SMARTS) is 1. The highest BCUT2D eigenvalue weighted by atomic mass is 32.1. The molecule has 2 aromatic carbocycles. The summed E-state index contributed by atoms with van der Waals surface area (Å²) in [7, 11) is 0. The van der Waals surface area contributed by atoms with E-state index < -0.39 is 6.09 Å². The molecule has 3 heterocycles. The fraction of sp³-hybridized carbons (Fsp3) is 0.429. The number of unbranched alkanes of at least 4 members (excludes halogenated alkanes) is 1. The highest BCUT2D eigenvalue weighted by molar-refractivity contribution is 7.17. The summed E-state index contributed by atoms with van der Waals surface area (Å²) in [5, 5.41) is 15.4. The predicted octanol–water partition coefficient (Wildman–Crippen LogP) is 5.08. The van der Waals surface area contributed by atoms with Crippen LogP contribution in [0.15, 0.2) is 47.8 Å². The Morgan fingerprint density at radius 2 is 1.89 bits per heavy atom. The molecule has 196 valence electrons. The van der Waals surface area contributed by atoms with Crippen LogP contribution in [0.4, 0.5) is 16.2 Å². The molecule has 1 aromatic heterocycles. The number of piperazine rings is 1. The Morgan fingerprint density at radius 1 is 1.05 bits per heavy atom. The molecule has 0 atom stereocenters. The lowest BCUT2D eigenvalue weighted by Gasteiger charge is -2.36. The summed E-state index contributed by atoms with van der Waals surface area (Å²) in [6.07, 6.45) is 1.76. The number of anilines is 2. The smallest absolute Gasteiger partial charge is 0.426 e. The highest BCUT2D eigenvalue weighted by Crippen LogP contribution is 2.33. The predicted molar refractivity (Wildman–Crippen MR) is 148 cm³/mol. The summed E-state index contributed by atoms with van der Waals surface area (Å²) in [5.41, 5.74) is 2.91. The molecular formula is C28H34N4O4S. The number of rotatable bonds is 9. The Hall–Kier alpha value is -3.30. The minimum atomic E-state index is -1.14. The summed E-state index contributed by atoms with van der Waals surface area (Å²) < 4.78 is 7.35. The Balaban J connectivity index is 1.08. The van der Waals surface area contributed by atoms with Gasteiger partial charge in [0.2, 0.25) is 5.91 Å². The maximum atomic E-state index is 12.5. The van der Waals surface area contributed by atoms with Crippen LogP contribution in [0.5, 0.6) is 5.75 Å². The maximum absolute atomic E-state index is 12.5. The number of benzene rings is 2. The van der Waals surface area contributed by atoms with Gasteiger partial charge in [-0.15, -0.1) is 11.3 Å². The minimum absolute atomic E-state index is 0.198. The van der Waals surface area contributed by atoms with Gasteiger partial charge in [-0.05, 0) is 67.9 Å². The molecule has 3 aromatic rings. The first-order chi connectivity index (χ1) is 18.0. The Kier molecular flexibility index (Phi) is 7.81. The van der Waals surface area contributed by atoms with E-state index in [0.717, 1.165) is 56.1 Å². The molecule has 0 radical (unpaired) electrons. The van der Waals surface area contributed by atoms with Crippen LogP contribution in [0, 0.1) is 0 Å². The third kappa shape index (κ3) is 5.52. The van der Waals surface area contributed by atoms with Crippen LogP contribution in [0.3, 0.4) is 0 Å². The number of carbonyl (C=O) groups excluding carboxylic acids is 1. The lowest BCUT2D eigenvalue weighted by molar-refractivity contribution is -0.121. The number of hydrogen-bond acceptors (Lipinski definition) is 6. The van der Waals surface area contributed by atoms with Gasteiger partial charge in [-0.25, -0.2) is 14.8 Å². The summed E-state index contributed by atoms with van der Waals surface area (Å²) in [5.74, 6) is 0.456. The average molecular weight is 523 g/mol. The molecule has 0 aliphatic carbocycles. The number of fused-ring (bicyclic) bond motifs is 2. The van der Waals surface area contributed by atoms with E-state index in [1.807, 2.05) is 12.1 Å². The van der Waals surface area contributed by atoms with Crippen LogP contribution in [0.2, 0.25) is 0 Å². The van der Waals surface area contributed by atoms with E-state index in [4.69, 9.17) is 4.74 Å². The van der Waals surface area contributed by atoms with Gasteiger partial charge in [0.1, 0.15) is 5.75 Å². The number of nitrogens with zero attached hydrogens (tertiary/aromatic N) is 4. The van der Waals surface area contributed by atoms with Gasteiger partial charge in [-0.1, -0.05) is 12.1 Å². The largest absolute Gasteiger partial charge is 0.494 e. The van der Waals surface area contributed by atoms with Crippen molar-refractivity contribution in [3.8, 4) is 5.75 Å². The molecule has 8 nitrogen and oxygen atoms in total. The Labute approximate surface area is 221 Å². The summed E-state index contributed by atoms with van der Waals surface area (Å²) in [6, 6.07) is 14.5. The summed E-state index contributed by atoms with van der Waals surface area (Å²) >= 11 is 1.80. The molecule has 9 heteroatoms. The van der Waals surface area contributed by atoms with Crippen molar-refractivity contribution < 1.29 is 19.4 Å². The molecule has 0 spiro atoms. The standard InChI is InChI=1S/C28H34N4O4S/c1-2-31(28(34)35)32-25-20-22(10-8-21(25)9-11-27(32)33)36-18-4-3-13-29-14-16-30(17-15-29)24-6-5-7-26-23(24)12-19-37-26/h5-8,10,12,19-20H,2-4,9,11,13-18H2,1H3,(H,34,35). The topological polar surface area (TPSA) is 76.6 Å². The van der Waals surface area contributed by atoms with Gasteiger partial charge in [0.25, 0.3) is 0 Å². The first kappa shape index (κ1) is 25.4. The van der Waals surface area contributed by atoms with Crippen molar-refractivity contribution in [1.82, 2.24) is 9.91 Å². The molecule has 2 aliphatic heterocycles. The fourth-order valence-corrected chi connectivity index (χ4v) is 6.05. The number of carbonyl (C=O) groups is 2. The fourth-order valence-electron chi connectivity index (χ4n) is 5.24. The van der Waals surface area contributed by atoms with Crippen LogP contribution >= 0.6 is 11.3 Å². The first-order valence-corrected chi connectivity index (χ1v) is 14.0. The quantitative estimate of drug-likeness (QED) is 0.395. The normalized spacial score (nSPS) is 16.2. The van der Waals surface area contributed by atoms with Crippen LogP contribution in [-0.4, -0.2) is 72.9 Å². The number of aryl methyl sites for hydroxylation is 1. The van der Waals surface area contributed by atoms with Crippen LogP contribution in [-0.2, 0) is 11.2 Å². The molecular weight excluding hydrogens is 488 g/mol. The first-order valence-electron chi connectivity index (χ1n) is 13.1. The van der Waals surface area contributed by atoms with Gasteiger partial charge in [0, 0.05) is 61.0 Å². The van der Waals surface area contributed by atoms with Gasteiger partial charge < -0.3 is 14.7 Å². The maximum Gasteiger partial charge on any atom is 0.426 e. The third-order valence-corrected chi connectivity index (χ3v) is 8.10. The van der Waals surface area contributed by atoms with Gasteiger partial charge in [0.15, 0.2) is 0 Å². The number of thiophene rings is 1. The molecule has 37 heavy (non-hydrogen) atoms. The molecule has 5 rings (SSSR count). The third-order valence-electron chi connectivity index (χ3n) is 7.21. The van der Waals surface area contributed by atoms with Crippen molar-refractivity contribution in [3.05, 3.63) is 53.4 Å². The molecule has 1 saturated heterocycles. The van der Waals surface area contributed by atoms with E-state index in [1.165, 1.54) is 20.8 Å². The minimum Gasteiger partial charge on any atom is -0.494 e. The van der Waals surface area contributed by atoms with E-state index >= 15 is 0 Å². The van der Waals surface area contributed by atoms with Crippen LogP contribution in [0.1, 0.15) is 31.7 Å². The Bertz CT molecular complexity index is 1250. The van der Waals surface area contributed by atoms with E-state index in [2.05, 4.69) is 39.4 Å². The number of hydrogen-bond donors (Lipinski definition) is 1. The zero-order valence-electron chi connectivity index (χ0n) is 21.3. The molecule has 2 aliphatic rings. The molecule has 2 amide bonds. The van der Waals surface area contributed by atoms with Gasteiger partial charge in [0.05, 0.1) is 12.3 Å². The molecule has 1 N–H and O–H groups in total. The van der Waals surface area contributed by atoms with Gasteiger partial charge >= 0.3 is 6.09 Å². The molecule has 0 unspecified atom stereocenters. The highest BCUT2D eigenvalue weighted by Gasteiger charge is 2.31. The van der Waals surface area contributed by atoms with E-state index in [9.17, 15) is 14.7 Å². The second-order valence-corrected chi connectivity index (χ2v) is 10.4. The lowest BCUT2D eigenvalue weighted by atomic mass is 10.0. The number of amides is 2. The van der Waals surface area contributed by atoms with Gasteiger partial charge in [-0.3, -0.25) is 9.69 Å². The van der Waals surface area contributed by atoms with Crippen molar-refractivity contribution in [2.24, 2.45) is 0 Å².